The number of carbonyl (C=O) groups is 1. The Morgan fingerprint density at radius 1 is 1.33 bits per heavy atom. The van der Waals surface area contributed by atoms with Crippen LogP contribution in [0.25, 0.3) is 20.7 Å². The van der Waals surface area contributed by atoms with Gasteiger partial charge in [0.15, 0.2) is 0 Å². The van der Waals surface area contributed by atoms with Gasteiger partial charge in [0.1, 0.15) is 11.4 Å². The van der Waals surface area contributed by atoms with Crippen molar-refractivity contribution in [2.24, 2.45) is 5.92 Å². The SMILES string of the molecule is Cc1ccc(-c2csc3ncn(CC(=O)N[C@@H]4CCCC[C@H]4C)c(=O)c23)s1. The molecule has 5 nitrogen and oxygen atoms in total. The highest BCUT2D eigenvalue weighted by Gasteiger charge is 2.23. The quantitative estimate of drug-likeness (QED) is 0.713. The van der Waals surface area contributed by atoms with Gasteiger partial charge in [-0.15, -0.1) is 22.7 Å². The van der Waals surface area contributed by atoms with Gasteiger partial charge in [0.2, 0.25) is 5.91 Å². The molecule has 142 valence electrons. The summed E-state index contributed by atoms with van der Waals surface area (Å²) in [4.78, 5) is 33.0. The molecule has 7 heteroatoms. The number of carbonyl (C=O) groups excluding carboxylic acids is 1. The Morgan fingerprint density at radius 2 is 2.15 bits per heavy atom. The molecule has 3 heterocycles. The van der Waals surface area contributed by atoms with Gasteiger partial charge in [-0.2, -0.15) is 0 Å². The standard InChI is InChI=1S/C20H23N3O2S2/c1-12-5-3-4-6-15(12)22-17(24)9-23-11-21-19-18(20(23)25)14(10-26-19)16-8-7-13(2)27-16/h7-8,10-12,15H,3-6,9H2,1-2H3,(H,22,24)/t12-,15-/m1/s1. The molecule has 1 aliphatic rings. The van der Waals surface area contributed by atoms with Crippen molar-refractivity contribution in [3.05, 3.63) is 39.1 Å². The van der Waals surface area contributed by atoms with E-state index in [1.165, 1.54) is 33.5 Å². The van der Waals surface area contributed by atoms with E-state index in [1.54, 1.807) is 11.3 Å². The summed E-state index contributed by atoms with van der Waals surface area (Å²) in [6.07, 6.45) is 6.05. The molecular formula is C20H23N3O2S2. The Kier molecular flexibility index (Phi) is 5.14. The highest BCUT2D eigenvalue weighted by Crippen LogP contribution is 2.34. The van der Waals surface area contributed by atoms with Gasteiger partial charge in [0.25, 0.3) is 5.56 Å². The minimum Gasteiger partial charge on any atom is -0.352 e. The lowest BCUT2D eigenvalue weighted by molar-refractivity contribution is -0.123. The Bertz CT molecular complexity index is 1030. The van der Waals surface area contributed by atoms with Gasteiger partial charge >= 0.3 is 0 Å². The van der Waals surface area contributed by atoms with Crippen molar-refractivity contribution in [3.8, 4) is 10.4 Å². The van der Waals surface area contributed by atoms with Crippen molar-refractivity contribution in [3.63, 3.8) is 0 Å². The van der Waals surface area contributed by atoms with E-state index < -0.39 is 0 Å². The van der Waals surface area contributed by atoms with Gasteiger partial charge in [0, 0.05) is 26.7 Å². The number of hydrogen-bond donors (Lipinski definition) is 1. The molecule has 1 aliphatic carbocycles. The van der Waals surface area contributed by atoms with Crippen LogP contribution in [-0.2, 0) is 11.3 Å². The summed E-state index contributed by atoms with van der Waals surface area (Å²) in [5, 5.41) is 5.71. The molecule has 1 saturated carbocycles. The number of aromatic nitrogens is 2. The van der Waals surface area contributed by atoms with Crippen LogP contribution < -0.4 is 10.9 Å². The average Bonchev–Trinajstić information content (AvgIpc) is 3.26. The monoisotopic (exact) mass is 401 g/mol. The minimum atomic E-state index is -0.144. The largest absolute Gasteiger partial charge is 0.352 e. The summed E-state index contributed by atoms with van der Waals surface area (Å²) in [5.41, 5.74) is 0.774. The van der Waals surface area contributed by atoms with Crippen LogP contribution in [0.15, 0.2) is 28.6 Å². The fourth-order valence-electron chi connectivity index (χ4n) is 3.78. The van der Waals surface area contributed by atoms with Crippen molar-refractivity contribution < 1.29 is 4.79 Å². The molecule has 0 saturated heterocycles. The number of aryl methyl sites for hydroxylation is 1. The number of nitrogens with zero attached hydrogens (tertiary/aromatic N) is 2. The number of fused-ring (bicyclic) bond motifs is 1. The van der Waals surface area contributed by atoms with Gasteiger partial charge < -0.3 is 5.32 Å². The molecule has 1 amide bonds. The lowest BCUT2D eigenvalue weighted by Crippen LogP contribution is -2.43. The zero-order valence-electron chi connectivity index (χ0n) is 15.5. The third-order valence-corrected chi connectivity index (χ3v) is 7.26. The van der Waals surface area contributed by atoms with Crippen LogP contribution in [0, 0.1) is 12.8 Å². The van der Waals surface area contributed by atoms with Gasteiger partial charge in [-0.05, 0) is 37.8 Å². The Morgan fingerprint density at radius 3 is 2.89 bits per heavy atom. The summed E-state index contributed by atoms with van der Waals surface area (Å²) < 4.78 is 1.43. The highest BCUT2D eigenvalue weighted by molar-refractivity contribution is 7.19. The van der Waals surface area contributed by atoms with Crippen molar-refractivity contribution >= 4 is 38.8 Å². The summed E-state index contributed by atoms with van der Waals surface area (Å²) in [6.45, 7) is 4.25. The van der Waals surface area contributed by atoms with E-state index in [0.717, 1.165) is 34.5 Å². The number of thiophene rings is 2. The fourth-order valence-corrected chi connectivity index (χ4v) is 5.64. The van der Waals surface area contributed by atoms with Crippen LogP contribution in [0.5, 0.6) is 0 Å². The molecule has 4 rings (SSSR count). The number of amides is 1. The molecule has 1 fully saturated rings. The fraction of sp³-hybridized carbons (Fsp3) is 0.450. The second-order valence-electron chi connectivity index (χ2n) is 7.35. The van der Waals surface area contributed by atoms with Crippen molar-refractivity contribution in [1.82, 2.24) is 14.9 Å². The summed E-state index contributed by atoms with van der Waals surface area (Å²) >= 11 is 3.13. The molecule has 0 aromatic carbocycles. The van der Waals surface area contributed by atoms with E-state index in [9.17, 15) is 9.59 Å². The zero-order chi connectivity index (χ0) is 19.0. The first kappa shape index (κ1) is 18.4. The van der Waals surface area contributed by atoms with Crippen molar-refractivity contribution in [2.75, 3.05) is 0 Å². The molecular weight excluding hydrogens is 378 g/mol. The maximum atomic E-state index is 13.0. The molecule has 0 unspecified atom stereocenters. The van der Waals surface area contributed by atoms with Gasteiger partial charge in [-0.3, -0.25) is 14.2 Å². The average molecular weight is 402 g/mol. The van der Waals surface area contributed by atoms with E-state index in [1.807, 2.05) is 11.4 Å². The normalized spacial score (nSPS) is 20.1. The van der Waals surface area contributed by atoms with Crippen molar-refractivity contribution in [1.29, 1.82) is 0 Å². The lowest BCUT2D eigenvalue weighted by Gasteiger charge is -2.29. The third kappa shape index (κ3) is 3.71. The number of hydrogen-bond acceptors (Lipinski definition) is 5. The van der Waals surface area contributed by atoms with Gasteiger partial charge in [-0.25, -0.2) is 4.98 Å². The van der Waals surface area contributed by atoms with E-state index in [-0.39, 0.29) is 24.1 Å². The van der Waals surface area contributed by atoms with E-state index in [0.29, 0.717) is 11.3 Å². The van der Waals surface area contributed by atoms with Crippen molar-refractivity contribution in [2.45, 2.75) is 52.1 Å². The minimum absolute atomic E-state index is 0.0176. The smallest absolute Gasteiger partial charge is 0.263 e. The van der Waals surface area contributed by atoms with E-state index in [2.05, 4.69) is 30.2 Å². The molecule has 0 aliphatic heterocycles. The third-order valence-electron chi connectivity index (χ3n) is 5.34. The lowest BCUT2D eigenvalue weighted by atomic mass is 9.86. The first-order valence-electron chi connectivity index (χ1n) is 9.35. The molecule has 3 aromatic heterocycles. The van der Waals surface area contributed by atoms with Crippen LogP contribution in [-0.4, -0.2) is 21.5 Å². The Hall–Kier alpha value is -1.99. The summed E-state index contributed by atoms with van der Waals surface area (Å²) in [6, 6.07) is 4.30. The van der Waals surface area contributed by atoms with Crippen LogP contribution in [0.4, 0.5) is 0 Å². The number of rotatable bonds is 4. The molecule has 2 atom stereocenters. The highest BCUT2D eigenvalue weighted by atomic mass is 32.1. The maximum Gasteiger partial charge on any atom is 0.263 e. The van der Waals surface area contributed by atoms with Crippen LogP contribution in [0.3, 0.4) is 0 Å². The molecule has 27 heavy (non-hydrogen) atoms. The van der Waals surface area contributed by atoms with Crippen LogP contribution >= 0.6 is 22.7 Å². The summed E-state index contributed by atoms with van der Waals surface area (Å²) in [7, 11) is 0. The maximum absolute atomic E-state index is 13.0. The second kappa shape index (κ2) is 7.56. The topological polar surface area (TPSA) is 64.0 Å². The molecule has 0 bridgehead atoms. The predicted octanol–water partition coefficient (Wildman–Crippen LogP) is 4.19. The molecule has 3 aromatic rings. The number of nitrogens with one attached hydrogen (secondary N) is 1. The first-order valence-corrected chi connectivity index (χ1v) is 11.1. The first-order chi connectivity index (χ1) is 13.0. The zero-order valence-corrected chi connectivity index (χ0v) is 17.2. The molecule has 1 N–H and O–H groups in total. The molecule has 0 spiro atoms. The van der Waals surface area contributed by atoms with Crippen LogP contribution in [0.1, 0.15) is 37.5 Å². The van der Waals surface area contributed by atoms with Gasteiger partial charge in [-0.1, -0.05) is 19.8 Å². The predicted molar refractivity (Wildman–Crippen MR) is 111 cm³/mol. The Labute approximate surface area is 166 Å². The van der Waals surface area contributed by atoms with E-state index in [4.69, 9.17) is 0 Å². The molecule has 0 radical (unpaired) electrons. The Balaban J connectivity index is 1.60. The van der Waals surface area contributed by atoms with Crippen LogP contribution in [0.2, 0.25) is 0 Å². The van der Waals surface area contributed by atoms with E-state index >= 15 is 0 Å². The van der Waals surface area contributed by atoms with Gasteiger partial charge in [0.05, 0.1) is 11.7 Å². The second-order valence-corrected chi connectivity index (χ2v) is 9.50. The summed E-state index contributed by atoms with van der Waals surface area (Å²) in [5.74, 6) is 0.381.